The predicted molar refractivity (Wildman–Crippen MR) is 62.5 cm³/mol. The normalized spacial score (nSPS) is 14.7. The lowest BCUT2D eigenvalue weighted by Gasteiger charge is -2.10. The molecule has 0 fully saturated rings. The summed E-state index contributed by atoms with van der Waals surface area (Å²) in [7, 11) is 1.69. The molecule has 0 bridgehead atoms. The van der Waals surface area contributed by atoms with Crippen molar-refractivity contribution in [2.45, 2.75) is 24.4 Å². The van der Waals surface area contributed by atoms with Crippen LogP contribution in [0.25, 0.3) is 10.2 Å². The molecule has 0 saturated carbocycles. The lowest BCUT2D eigenvalue weighted by molar-refractivity contribution is 0.729. The van der Waals surface area contributed by atoms with E-state index in [4.69, 9.17) is 12.6 Å². The minimum atomic E-state index is 0.0180. The van der Waals surface area contributed by atoms with Crippen LogP contribution >= 0.6 is 11.3 Å². The monoisotopic (exact) mass is 237 g/mol. The molecular weight excluding hydrogens is 228 g/mol. The molecule has 0 N–H and O–H groups in total. The summed E-state index contributed by atoms with van der Waals surface area (Å²) in [6.07, 6.45) is 3.27. The van der Waals surface area contributed by atoms with E-state index in [0.717, 1.165) is 29.5 Å². The van der Waals surface area contributed by atoms with Crippen molar-refractivity contribution in [1.82, 2.24) is 9.55 Å². The van der Waals surface area contributed by atoms with Crippen molar-refractivity contribution in [3.8, 4) is 0 Å². The SMILES string of the molecule is Cn1c([S-])nc2sc3c(c2c1=O)CCC3. The van der Waals surface area contributed by atoms with Gasteiger partial charge in [-0.2, -0.15) is 0 Å². The molecule has 2 aromatic rings. The number of fused-ring (bicyclic) bond motifs is 3. The molecule has 78 valence electrons. The first kappa shape index (κ1) is 9.30. The molecule has 1 aliphatic carbocycles. The third-order valence-corrected chi connectivity index (χ3v) is 4.46. The summed E-state index contributed by atoms with van der Waals surface area (Å²) in [5.41, 5.74) is 1.24. The second-order valence-corrected chi connectivity index (χ2v) is 5.24. The summed E-state index contributed by atoms with van der Waals surface area (Å²) in [6, 6.07) is 0. The average Bonchev–Trinajstić information content (AvgIpc) is 2.73. The van der Waals surface area contributed by atoms with Crippen LogP contribution in [0.15, 0.2) is 9.95 Å². The maximum atomic E-state index is 12.0. The molecule has 15 heavy (non-hydrogen) atoms. The van der Waals surface area contributed by atoms with E-state index in [2.05, 4.69) is 4.98 Å². The van der Waals surface area contributed by atoms with Gasteiger partial charge in [-0.15, -0.1) is 11.3 Å². The van der Waals surface area contributed by atoms with E-state index in [1.807, 2.05) is 0 Å². The van der Waals surface area contributed by atoms with Crippen LogP contribution in [0.4, 0.5) is 0 Å². The zero-order valence-corrected chi connectivity index (χ0v) is 9.87. The molecule has 0 spiro atoms. The highest BCUT2D eigenvalue weighted by Crippen LogP contribution is 2.34. The molecule has 5 heteroatoms. The van der Waals surface area contributed by atoms with Crippen LogP contribution in [0.5, 0.6) is 0 Å². The highest BCUT2D eigenvalue weighted by molar-refractivity contribution is 7.58. The van der Waals surface area contributed by atoms with Gasteiger partial charge in [-0.1, -0.05) is 0 Å². The molecule has 2 heterocycles. The van der Waals surface area contributed by atoms with Gasteiger partial charge in [0, 0.05) is 11.9 Å². The van der Waals surface area contributed by atoms with E-state index in [9.17, 15) is 4.79 Å². The largest absolute Gasteiger partial charge is 0.742 e. The maximum Gasteiger partial charge on any atom is 0.260 e. The Hall–Kier alpha value is -0.940. The van der Waals surface area contributed by atoms with Crippen LogP contribution in [-0.4, -0.2) is 9.55 Å². The Balaban J connectivity index is 2.52. The van der Waals surface area contributed by atoms with Gasteiger partial charge in [0.15, 0.2) is 0 Å². The summed E-state index contributed by atoms with van der Waals surface area (Å²) in [5.74, 6) is 0. The van der Waals surface area contributed by atoms with Crippen molar-refractivity contribution >= 4 is 34.2 Å². The van der Waals surface area contributed by atoms with Crippen LogP contribution in [0.1, 0.15) is 16.9 Å². The van der Waals surface area contributed by atoms with E-state index in [1.54, 1.807) is 18.4 Å². The topological polar surface area (TPSA) is 34.9 Å². The number of aromatic nitrogens is 2. The van der Waals surface area contributed by atoms with Gasteiger partial charge in [0.25, 0.3) is 5.56 Å². The lowest BCUT2D eigenvalue weighted by Crippen LogP contribution is -2.20. The molecule has 3 nitrogen and oxygen atoms in total. The Bertz CT molecular complexity index is 612. The minimum Gasteiger partial charge on any atom is -0.742 e. The summed E-state index contributed by atoms with van der Waals surface area (Å²) in [4.78, 5) is 18.5. The second-order valence-electron chi connectivity index (χ2n) is 3.80. The van der Waals surface area contributed by atoms with E-state index < -0.39 is 0 Å². The third kappa shape index (κ3) is 1.16. The van der Waals surface area contributed by atoms with Crippen molar-refractivity contribution in [3.05, 3.63) is 20.8 Å². The molecule has 1 aliphatic rings. The van der Waals surface area contributed by atoms with Crippen LogP contribution in [-0.2, 0) is 32.5 Å². The van der Waals surface area contributed by atoms with Gasteiger partial charge in [0.1, 0.15) is 4.83 Å². The van der Waals surface area contributed by atoms with Gasteiger partial charge in [0.2, 0.25) is 0 Å². The van der Waals surface area contributed by atoms with Crippen molar-refractivity contribution in [2.75, 3.05) is 0 Å². The first-order valence-corrected chi connectivity index (χ1v) is 6.09. The number of hydrogen-bond donors (Lipinski definition) is 0. The highest BCUT2D eigenvalue weighted by Gasteiger charge is 2.20. The highest BCUT2D eigenvalue weighted by atomic mass is 32.1. The minimum absolute atomic E-state index is 0.0180. The summed E-state index contributed by atoms with van der Waals surface area (Å²) in [5, 5.41) is 1.19. The van der Waals surface area contributed by atoms with E-state index in [-0.39, 0.29) is 5.56 Å². The van der Waals surface area contributed by atoms with E-state index in [1.165, 1.54) is 15.0 Å². The number of rotatable bonds is 0. The van der Waals surface area contributed by atoms with Gasteiger partial charge in [0.05, 0.1) is 5.39 Å². The van der Waals surface area contributed by atoms with Crippen LogP contribution in [0, 0.1) is 0 Å². The fourth-order valence-corrected chi connectivity index (χ4v) is 3.59. The number of nitrogens with zero attached hydrogens (tertiary/aromatic N) is 2. The molecule has 0 aliphatic heterocycles. The van der Waals surface area contributed by atoms with Crippen LogP contribution < -0.4 is 5.56 Å². The molecule has 0 atom stereocenters. The lowest BCUT2D eigenvalue weighted by atomic mass is 10.2. The van der Waals surface area contributed by atoms with Gasteiger partial charge >= 0.3 is 0 Å². The Labute approximate surface area is 96.2 Å². The predicted octanol–water partition coefficient (Wildman–Crippen LogP) is 1.39. The average molecular weight is 237 g/mol. The standard InChI is InChI=1S/C10H10N2OS2/c1-12-9(13)7-5-3-2-4-6(5)15-8(7)11-10(12)14/h2-4H2,1H3,(H,11,14)/p-1. The molecule has 0 unspecified atom stereocenters. The molecular formula is C10H9N2OS2-. The number of thiophene rings is 1. The fourth-order valence-electron chi connectivity index (χ4n) is 2.11. The summed E-state index contributed by atoms with van der Waals surface area (Å²) in [6.45, 7) is 0. The first-order chi connectivity index (χ1) is 7.18. The van der Waals surface area contributed by atoms with Crippen molar-refractivity contribution < 1.29 is 0 Å². The van der Waals surface area contributed by atoms with Gasteiger partial charge in [-0.05, 0) is 30.0 Å². The molecule has 2 aromatic heterocycles. The first-order valence-electron chi connectivity index (χ1n) is 4.87. The Morgan fingerprint density at radius 1 is 1.47 bits per heavy atom. The zero-order valence-electron chi connectivity index (χ0n) is 8.24. The van der Waals surface area contributed by atoms with Gasteiger partial charge in [-0.3, -0.25) is 4.79 Å². The fraction of sp³-hybridized carbons (Fsp3) is 0.400. The van der Waals surface area contributed by atoms with E-state index in [0.29, 0.717) is 5.16 Å². The van der Waals surface area contributed by atoms with Gasteiger partial charge in [-0.25, -0.2) is 4.98 Å². The molecule has 0 aromatic carbocycles. The van der Waals surface area contributed by atoms with Crippen molar-refractivity contribution in [1.29, 1.82) is 0 Å². The van der Waals surface area contributed by atoms with Crippen LogP contribution in [0.3, 0.4) is 0 Å². The number of aryl methyl sites for hydroxylation is 2. The molecule has 3 rings (SSSR count). The summed E-state index contributed by atoms with van der Waals surface area (Å²) < 4.78 is 1.46. The Morgan fingerprint density at radius 3 is 3.07 bits per heavy atom. The van der Waals surface area contributed by atoms with E-state index >= 15 is 0 Å². The molecule has 0 amide bonds. The molecule has 0 radical (unpaired) electrons. The number of hydrogen-bond acceptors (Lipinski definition) is 4. The zero-order chi connectivity index (χ0) is 10.6. The van der Waals surface area contributed by atoms with Crippen molar-refractivity contribution in [3.63, 3.8) is 0 Å². The maximum absolute atomic E-state index is 12.0. The third-order valence-electron chi connectivity index (χ3n) is 2.91. The second kappa shape index (κ2) is 3.02. The Kier molecular flexibility index (Phi) is 1.87. The quantitative estimate of drug-likeness (QED) is 0.513. The Morgan fingerprint density at radius 2 is 2.27 bits per heavy atom. The van der Waals surface area contributed by atoms with Gasteiger partial charge < -0.3 is 17.2 Å². The van der Waals surface area contributed by atoms with Crippen molar-refractivity contribution in [2.24, 2.45) is 7.05 Å². The molecule has 0 saturated heterocycles. The summed E-state index contributed by atoms with van der Waals surface area (Å²) >= 11 is 6.67. The smallest absolute Gasteiger partial charge is 0.260 e. The van der Waals surface area contributed by atoms with Crippen LogP contribution in [0.2, 0.25) is 0 Å².